The van der Waals surface area contributed by atoms with Gasteiger partial charge in [0.25, 0.3) is 10.0 Å². The van der Waals surface area contributed by atoms with E-state index in [-0.39, 0.29) is 23.4 Å². The number of hydrogen-bond acceptors (Lipinski definition) is 4. The van der Waals surface area contributed by atoms with Crippen LogP contribution in [0.15, 0.2) is 83.8 Å². The topological polar surface area (TPSA) is 86.8 Å². The van der Waals surface area contributed by atoms with Crippen molar-refractivity contribution in [3.63, 3.8) is 0 Å². The molecule has 0 saturated heterocycles. The van der Waals surface area contributed by atoms with Crippen molar-refractivity contribution in [2.75, 3.05) is 17.4 Å². The van der Waals surface area contributed by atoms with Gasteiger partial charge in [0.1, 0.15) is 12.6 Å². The average Bonchev–Trinajstić information content (AvgIpc) is 2.94. The molecule has 9 heteroatoms. The van der Waals surface area contributed by atoms with Crippen molar-refractivity contribution >= 4 is 39.1 Å². The second-order valence-corrected chi connectivity index (χ2v) is 12.1. The summed E-state index contributed by atoms with van der Waals surface area (Å²) in [5, 5.41) is 3.40. The number of amides is 2. The summed E-state index contributed by atoms with van der Waals surface area (Å²) in [4.78, 5) is 28.9. The summed E-state index contributed by atoms with van der Waals surface area (Å²) in [6, 6.07) is 21.8. The monoisotopic (exact) mass is 583 g/mol. The Morgan fingerprint density at radius 1 is 0.900 bits per heavy atom. The lowest BCUT2D eigenvalue weighted by Gasteiger charge is -2.34. The zero-order chi connectivity index (χ0) is 29.3. The molecule has 214 valence electrons. The van der Waals surface area contributed by atoms with Gasteiger partial charge in [-0.3, -0.25) is 13.9 Å². The van der Waals surface area contributed by atoms with E-state index in [4.69, 9.17) is 11.6 Å². The molecule has 0 unspecified atom stereocenters. The van der Waals surface area contributed by atoms with E-state index in [1.807, 2.05) is 57.2 Å². The number of anilines is 1. The van der Waals surface area contributed by atoms with Crippen molar-refractivity contribution in [1.29, 1.82) is 0 Å². The van der Waals surface area contributed by atoms with Crippen LogP contribution in [0, 0.1) is 6.92 Å². The first kappa shape index (κ1) is 31.2. The molecule has 0 bridgehead atoms. The number of sulfonamides is 1. The third-order valence-electron chi connectivity index (χ3n) is 6.94. The molecule has 0 saturated carbocycles. The number of benzene rings is 3. The van der Waals surface area contributed by atoms with Crippen molar-refractivity contribution in [3.05, 3.63) is 95.0 Å². The molecule has 3 aromatic carbocycles. The second-order valence-electron chi connectivity index (χ2n) is 9.82. The fourth-order valence-corrected chi connectivity index (χ4v) is 6.03. The highest BCUT2D eigenvalue weighted by molar-refractivity contribution is 7.92. The molecule has 3 aromatic rings. The van der Waals surface area contributed by atoms with Gasteiger partial charge in [-0.15, -0.1) is 0 Å². The summed E-state index contributed by atoms with van der Waals surface area (Å²) in [6.45, 7) is 7.35. The van der Waals surface area contributed by atoms with E-state index in [1.165, 1.54) is 29.2 Å². The van der Waals surface area contributed by atoms with E-state index in [2.05, 4.69) is 5.32 Å². The second kappa shape index (κ2) is 14.3. The standard InChI is InChI=1S/C31H38ClN3O4S/c1-5-24(4)33-31(37)28(6-2)34(21-20-25-13-8-7-9-14-25)30(36)22-35(29-15-11-10-12-23(29)3)40(38,39)27-18-16-26(32)17-19-27/h7-19,24,28H,5-6,20-22H2,1-4H3,(H,33,37)/t24-,28-/m0/s1. The summed E-state index contributed by atoms with van der Waals surface area (Å²) < 4.78 is 29.0. The molecule has 0 aliphatic carbocycles. The van der Waals surface area contributed by atoms with Gasteiger partial charge in [-0.1, -0.05) is 74.0 Å². The lowest BCUT2D eigenvalue weighted by molar-refractivity contribution is -0.139. The molecule has 40 heavy (non-hydrogen) atoms. The minimum absolute atomic E-state index is 0.0188. The fraction of sp³-hybridized carbons (Fsp3) is 0.355. The van der Waals surface area contributed by atoms with Crippen LogP contribution in [0.3, 0.4) is 0 Å². The van der Waals surface area contributed by atoms with Crippen LogP contribution in [-0.2, 0) is 26.0 Å². The summed E-state index contributed by atoms with van der Waals surface area (Å²) >= 11 is 6.01. The molecule has 1 N–H and O–H groups in total. The largest absolute Gasteiger partial charge is 0.352 e. The van der Waals surface area contributed by atoms with Gasteiger partial charge in [0.15, 0.2) is 0 Å². The normalized spacial score (nSPS) is 12.8. The number of nitrogens with one attached hydrogen (secondary N) is 1. The number of aryl methyl sites for hydroxylation is 1. The summed E-state index contributed by atoms with van der Waals surface area (Å²) in [7, 11) is -4.14. The number of nitrogens with zero attached hydrogens (tertiary/aromatic N) is 2. The number of carbonyl (C=O) groups is 2. The van der Waals surface area contributed by atoms with Crippen LogP contribution in [0.25, 0.3) is 0 Å². The van der Waals surface area contributed by atoms with Crippen LogP contribution in [-0.4, -0.2) is 50.3 Å². The quantitative estimate of drug-likeness (QED) is 0.283. The molecular weight excluding hydrogens is 546 g/mol. The lowest BCUT2D eigenvalue weighted by Crippen LogP contribution is -2.54. The lowest BCUT2D eigenvalue weighted by atomic mass is 10.1. The van der Waals surface area contributed by atoms with E-state index in [0.29, 0.717) is 29.1 Å². The Kier molecular flexibility index (Phi) is 11.2. The fourth-order valence-electron chi connectivity index (χ4n) is 4.43. The van der Waals surface area contributed by atoms with Crippen molar-refractivity contribution in [3.8, 4) is 0 Å². The maximum atomic E-state index is 14.1. The van der Waals surface area contributed by atoms with Crippen molar-refractivity contribution < 1.29 is 18.0 Å². The molecule has 3 rings (SSSR count). The van der Waals surface area contributed by atoms with Gasteiger partial charge in [0, 0.05) is 17.6 Å². The van der Waals surface area contributed by atoms with E-state index >= 15 is 0 Å². The Balaban J connectivity index is 2.02. The molecule has 0 aliphatic heterocycles. The van der Waals surface area contributed by atoms with Gasteiger partial charge in [-0.25, -0.2) is 8.42 Å². The highest BCUT2D eigenvalue weighted by Gasteiger charge is 2.34. The molecule has 0 fully saturated rings. The van der Waals surface area contributed by atoms with Crippen LogP contribution in [0.2, 0.25) is 5.02 Å². The predicted octanol–water partition coefficient (Wildman–Crippen LogP) is 5.61. The van der Waals surface area contributed by atoms with Gasteiger partial charge >= 0.3 is 0 Å². The smallest absolute Gasteiger partial charge is 0.264 e. The number of carbonyl (C=O) groups excluding carboxylic acids is 2. The Morgan fingerprint density at radius 2 is 1.52 bits per heavy atom. The predicted molar refractivity (Wildman–Crippen MR) is 161 cm³/mol. The van der Waals surface area contributed by atoms with E-state index in [1.54, 1.807) is 25.1 Å². The highest BCUT2D eigenvalue weighted by atomic mass is 35.5. The minimum atomic E-state index is -4.14. The molecule has 0 aromatic heterocycles. The molecule has 7 nitrogen and oxygen atoms in total. The van der Waals surface area contributed by atoms with Crippen molar-refractivity contribution in [1.82, 2.24) is 10.2 Å². The number of rotatable bonds is 13. The Bertz CT molecular complexity index is 1380. The average molecular weight is 584 g/mol. The van der Waals surface area contributed by atoms with Crippen molar-refractivity contribution in [2.24, 2.45) is 0 Å². The Labute approximate surface area is 243 Å². The number of hydrogen-bond donors (Lipinski definition) is 1. The maximum absolute atomic E-state index is 14.1. The summed E-state index contributed by atoms with van der Waals surface area (Å²) in [5.41, 5.74) is 2.11. The minimum Gasteiger partial charge on any atom is -0.352 e. The molecule has 2 atom stereocenters. The highest BCUT2D eigenvalue weighted by Crippen LogP contribution is 2.28. The zero-order valence-corrected chi connectivity index (χ0v) is 25.1. The van der Waals surface area contributed by atoms with Crippen LogP contribution in [0.1, 0.15) is 44.7 Å². The first-order valence-corrected chi connectivity index (χ1v) is 15.4. The maximum Gasteiger partial charge on any atom is 0.264 e. The van der Waals surface area contributed by atoms with Crippen LogP contribution in [0.5, 0.6) is 0 Å². The molecule has 0 spiro atoms. The van der Waals surface area contributed by atoms with Crippen LogP contribution in [0.4, 0.5) is 5.69 Å². The van der Waals surface area contributed by atoms with Gasteiger partial charge in [-0.05, 0) is 74.6 Å². The molecule has 0 radical (unpaired) electrons. The first-order chi connectivity index (χ1) is 19.1. The summed E-state index contributed by atoms with van der Waals surface area (Å²) in [6.07, 6.45) is 1.66. The molecule has 2 amide bonds. The van der Waals surface area contributed by atoms with Crippen molar-refractivity contribution in [2.45, 2.75) is 63.9 Å². The third-order valence-corrected chi connectivity index (χ3v) is 8.96. The van der Waals surface area contributed by atoms with E-state index < -0.39 is 28.5 Å². The van der Waals surface area contributed by atoms with Gasteiger partial charge in [0.2, 0.25) is 11.8 Å². The van der Waals surface area contributed by atoms with E-state index in [9.17, 15) is 18.0 Å². The molecular formula is C31H38ClN3O4S. The third kappa shape index (κ3) is 7.86. The number of para-hydroxylation sites is 1. The number of halogens is 1. The van der Waals surface area contributed by atoms with Gasteiger partial charge < -0.3 is 10.2 Å². The summed E-state index contributed by atoms with van der Waals surface area (Å²) in [5.74, 6) is -0.705. The molecule has 0 aliphatic rings. The van der Waals surface area contributed by atoms with Gasteiger partial charge in [-0.2, -0.15) is 0 Å². The Hall–Kier alpha value is -3.36. The van der Waals surface area contributed by atoms with Crippen LogP contribution >= 0.6 is 11.6 Å². The first-order valence-electron chi connectivity index (χ1n) is 13.6. The van der Waals surface area contributed by atoms with Crippen LogP contribution < -0.4 is 9.62 Å². The van der Waals surface area contributed by atoms with E-state index in [0.717, 1.165) is 16.3 Å². The van der Waals surface area contributed by atoms with Gasteiger partial charge in [0.05, 0.1) is 10.6 Å². The SMILES string of the molecule is CC[C@H](C)NC(=O)[C@H](CC)N(CCc1ccccc1)C(=O)CN(c1ccccc1C)S(=O)(=O)c1ccc(Cl)cc1. The Morgan fingerprint density at radius 3 is 2.12 bits per heavy atom. The molecule has 0 heterocycles. The zero-order valence-electron chi connectivity index (χ0n) is 23.5.